The summed E-state index contributed by atoms with van der Waals surface area (Å²) in [5.41, 5.74) is 0. The summed E-state index contributed by atoms with van der Waals surface area (Å²) in [7, 11) is 0. The Morgan fingerprint density at radius 3 is 2.39 bits per heavy atom. The highest BCUT2D eigenvalue weighted by Crippen LogP contribution is 2.31. The van der Waals surface area contributed by atoms with E-state index in [1.807, 2.05) is 0 Å². The normalized spacial score (nSPS) is 12.9. The highest BCUT2D eigenvalue weighted by atomic mass is 35.5. The van der Waals surface area contributed by atoms with E-state index < -0.39 is 30.1 Å². The van der Waals surface area contributed by atoms with Crippen molar-refractivity contribution in [3.63, 3.8) is 0 Å². The van der Waals surface area contributed by atoms with E-state index in [9.17, 15) is 18.0 Å². The molecule has 1 aromatic rings. The molecule has 0 aromatic heterocycles. The van der Waals surface area contributed by atoms with Crippen LogP contribution in [-0.2, 0) is 4.79 Å². The number of hydrogen-bond donors (Lipinski definition) is 1. The number of carboxylic acid groups (broad SMARTS) is 1. The summed E-state index contributed by atoms with van der Waals surface area (Å²) in [6.07, 6.45) is -4.85. The summed E-state index contributed by atoms with van der Waals surface area (Å²) in [6, 6.07) is 5.01. The summed E-state index contributed by atoms with van der Waals surface area (Å²) in [4.78, 5) is 10.4. The topological polar surface area (TPSA) is 55.8 Å². The van der Waals surface area contributed by atoms with Crippen molar-refractivity contribution in [1.29, 1.82) is 0 Å². The van der Waals surface area contributed by atoms with Crippen LogP contribution >= 0.6 is 11.6 Å². The molecule has 0 spiro atoms. The van der Waals surface area contributed by atoms with E-state index >= 15 is 0 Å². The van der Waals surface area contributed by atoms with Crippen molar-refractivity contribution in [2.45, 2.75) is 11.7 Å². The molecule has 0 heterocycles. The SMILES string of the molecule is O=C(O)C(Cl)COc1ccccc1OC(F)(F)F. The quantitative estimate of drug-likeness (QED) is 0.845. The number of rotatable bonds is 5. The molecule has 0 saturated heterocycles. The Balaban J connectivity index is 2.73. The van der Waals surface area contributed by atoms with E-state index in [0.717, 1.165) is 6.07 Å². The van der Waals surface area contributed by atoms with Crippen LogP contribution in [0.5, 0.6) is 11.5 Å². The third-order valence-electron chi connectivity index (χ3n) is 1.73. The molecule has 0 fully saturated rings. The van der Waals surface area contributed by atoms with Crippen molar-refractivity contribution < 1.29 is 32.5 Å². The van der Waals surface area contributed by atoms with Gasteiger partial charge in [-0.1, -0.05) is 12.1 Å². The maximum absolute atomic E-state index is 12.1. The Morgan fingerprint density at radius 2 is 1.89 bits per heavy atom. The second kappa shape index (κ2) is 5.81. The van der Waals surface area contributed by atoms with Gasteiger partial charge in [-0.25, -0.2) is 0 Å². The summed E-state index contributed by atoms with van der Waals surface area (Å²) in [5.74, 6) is -2.12. The van der Waals surface area contributed by atoms with E-state index in [4.69, 9.17) is 21.4 Å². The molecule has 0 aliphatic heterocycles. The minimum Gasteiger partial charge on any atom is -0.488 e. The van der Waals surface area contributed by atoms with Gasteiger partial charge in [-0.15, -0.1) is 24.8 Å². The fourth-order valence-corrected chi connectivity index (χ4v) is 1.08. The Morgan fingerprint density at radius 1 is 1.33 bits per heavy atom. The molecule has 1 aromatic carbocycles. The number of carboxylic acids is 1. The van der Waals surface area contributed by atoms with Crippen LogP contribution in [0.15, 0.2) is 24.3 Å². The van der Waals surface area contributed by atoms with Gasteiger partial charge in [-0.3, -0.25) is 4.79 Å². The molecule has 18 heavy (non-hydrogen) atoms. The second-order valence-electron chi connectivity index (χ2n) is 3.11. The first-order chi connectivity index (χ1) is 8.29. The van der Waals surface area contributed by atoms with Gasteiger partial charge in [-0.2, -0.15) is 0 Å². The monoisotopic (exact) mass is 284 g/mol. The maximum Gasteiger partial charge on any atom is 0.573 e. The van der Waals surface area contributed by atoms with Crippen molar-refractivity contribution >= 4 is 17.6 Å². The average Bonchev–Trinajstić information content (AvgIpc) is 2.25. The minimum atomic E-state index is -4.85. The van der Waals surface area contributed by atoms with Gasteiger partial charge in [0, 0.05) is 0 Å². The number of ether oxygens (including phenoxy) is 2. The van der Waals surface area contributed by atoms with Gasteiger partial charge in [-0.05, 0) is 12.1 Å². The van der Waals surface area contributed by atoms with Crippen molar-refractivity contribution in [1.82, 2.24) is 0 Å². The van der Waals surface area contributed by atoms with Crippen LogP contribution in [0.3, 0.4) is 0 Å². The van der Waals surface area contributed by atoms with Crippen LogP contribution in [0.1, 0.15) is 0 Å². The third-order valence-corrected chi connectivity index (χ3v) is 2.04. The zero-order valence-electron chi connectivity index (χ0n) is 8.78. The van der Waals surface area contributed by atoms with Crippen LogP contribution in [-0.4, -0.2) is 29.4 Å². The lowest BCUT2D eigenvalue weighted by Gasteiger charge is -2.14. The third kappa shape index (κ3) is 4.70. The molecular formula is C10H8ClF3O4. The van der Waals surface area contributed by atoms with Crippen LogP contribution in [0.2, 0.25) is 0 Å². The van der Waals surface area contributed by atoms with Gasteiger partial charge in [0.05, 0.1) is 0 Å². The van der Waals surface area contributed by atoms with Gasteiger partial charge >= 0.3 is 12.3 Å². The lowest BCUT2D eigenvalue weighted by Crippen LogP contribution is -2.22. The highest BCUT2D eigenvalue weighted by Gasteiger charge is 2.32. The maximum atomic E-state index is 12.1. The number of halogens is 4. The van der Waals surface area contributed by atoms with Gasteiger partial charge in [0.25, 0.3) is 0 Å². The van der Waals surface area contributed by atoms with Gasteiger partial charge in [0.1, 0.15) is 6.61 Å². The highest BCUT2D eigenvalue weighted by molar-refractivity contribution is 6.29. The fraction of sp³-hybridized carbons (Fsp3) is 0.300. The van der Waals surface area contributed by atoms with Crippen molar-refractivity contribution in [2.75, 3.05) is 6.61 Å². The summed E-state index contributed by atoms with van der Waals surface area (Å²) in [5, 5.41) is 7.14. The van der Waals surface area contributed by atoms with Crippen molar-refractivity contribution in [3.8, 4) is 11.5 Å². The number of para-hydroxylation sites is 2. The van der Waals surface area contributed by atoms with Gasteiger partial charge in [0.15, 0.2) is 16.9 Å². The molecule has 1 rings (SSSR count). The predicted octanol–water partition coefficient (Wildman–Crippen LogP) is 2.66. The van der Waals surface area contributed by atoms with E-state index in [1.165, 1.54) is 18.2 Å². The molecule has 0 aliphatic carbocycles. The molecule has 0 radical (unpaired) electrons. The molecule has 0 aliphatic rings. The van der Waals surface area contributed by atoms with Crippen LogP contribution in [0, 0.1) is 0 Å². The smallest absolute Gasteiger partial charge is 0.488 e. The van der Waals surface area contributed by atoms with Crippen LogP contribution in [0.4, 0.5) is 13.2 Å². The molecule has 0 amide bonds. The minimum absolute atomic E-state index is 0.235. The first-order valence-corrected chi connectivity index (χ1v) is 5.07. The van der Waals surface area contributed by atoms with Crippen molar-refractivity contribution in [2.24, 2.45) is 0 Å². The lowest BCUT2D eigenvalue weighted by molar-refractivity contribution is -0.275. The van der Waals surface area contributed by atoms with Crippen molar-refractivity contribution in [3.05, 3.63) is 24.3 Å². The fourth-order valence-electron chi connectivity index (χ4n) is 1.01. The number of carbonyl (C=O) groups is 1. The zero-order chi connectivity index (χ0) is 13.8. The summed E-state index contributed by atoms with van der Waals surface area (Å²) in [6.45, 7) is -0.477. The van der Waals surface area contributed by atoms with Gasteiger partial charge < -0.3 is 14.6 Å². The van der Waals surface area contributed by atoms with Crippen LogP contribution in [0.25, 0.3) is 0 Å². The molecular weight excluding hydrogens is 277 g/mol. The Labute approximate surface area is 105 Å². The molecule has 1 unspecified atom stereocenters. The zero-order valence-corrected chi connectivity index (χ0v) is 9.53. The lowest BCUT2D eigenvalue weighted by atomic mass is 10.3. The predicted molar refractivity (Wildman–Crippen MR) is 55.9 cm³/mol. The van der Waals surface area contributed by atoms with Gasteiger partial charge in [0.2, 0.25) is 0 Å². The Bertz CT molecular complexity index is 422. The summed E-state index contributed by atoms with van der Waals surface area (Å²) >= 11 is 5.36. The van der Waals surface area contributed by atoms with Crippen LogP contribution < -0.4 is 9.47 Å². The number of hydrogen-bond acceptors (Lipinski definition) is 3. The molecule has 100 valence electrons. The average molecular weight is 285 g/mol. The standard InChI is InChI=1S/C10H8ClF3O4/c11-6(9(15)16)5-17-7-3-1-2-4-8(7)18-10(12,13)14/h1-4,6H,5H2,(H,15,16). The van der Waals surface area contributed by atoms with E-state index in [1.54, 1.807) is 0 Å². The molecule has 1 atom stereocenters. The molecule has 4 nitrogen and oxygen atoms in total. The molecule has 8 heteroatoms. The largest absolute Gasteiger partial charge is 0.573 e. The Hall–Kier alpha value is -1.63. The van der Waals surface area contributed by atoms with E-state index in [2.05, 4.69) is 4.74 Å². The molecule has 0 bridgehead atoms. The molecule has 0 saturated carbocycles. The first kappa shape index (κ1) is 14.4. The second-order valence-corrected chi connectivity index (χ2v) is 3.64. The van der Waals surface area contributed by atoms with E-state index in [0.29, 0.717) is 0 Å². The van der Waals surface area contributed by atoms with E-state index in [-0.39, 0.29) is 5.75 Å². The Kier molecular flexibility index (Phi) is 4.66. The number of alkyl halides is 4. The summed E-state index contributed by atoms with van der Waals surface area (Å²) < 4.78 is 44.7. The number of benzene rings is 1. The number of aliphatic carboxylic acids is 1. The first-order valence-electron chi connectivity index (χ1n) is 4.64. The molecule has 1 N–H and O–H groups in total.